The Hall–Kier alpha value is -0.670. The van der Waals surface area contributed by atoms with Crippen LogP contribution >= 0.6 is 0 Å². The van der Waals surface area contributed by atoms with Crippen LogP contribution in [0.4, 0.5) is 0 Å². The molecule has 0 bridgehead atoms. The van der Waals surface area contributed by atoms with E-state index in [0.29, 0.717) is 0 Å². The number of aliphatic carboxylic acids is 3. The van der Waals surface area contributed by atoms with E-state index in [1.54, 1.807) is 0 Å². The Morgan fingerprint density at radius 1 is 0.655 bits per heavy atom. The van der Waals surface area contributed by atoms with Crippen molar-refractivity contribution in [1.82, 2.24) is 5.32 Å². The molecule has 0 rings (SSSR count). The van der Waals surface area contributed by atoms with E-state index in [2.05, 4.69) is 12.2 Å². The molecule has 0 amide bonds. The van der Waals surface area contributed by atoms with Crippen LogP contribution in [0.25, 0.3) is 0 Å². The maximum atomic E-state index is 9.00. The van der Waals surface area contributed by atoms with Crippen molar-refractivity contribution in [2.75, 3.05) is 19.6 Å². The Kier molecular flexibility index (Phi) is 50.9. The molecule has 0 aromatic rings. The molecular formula is C20H45N2NaO6. The second kappa shape index (κ2) is 38.0. The van der Waals surface area contributed by atoms with Gasteiger partial charge in [-0.25, -0.2) is 0 Å². The number of carbonyl (C=O) groups is 3. The van der Waals surface area contributed by atoms with Crippen LogP contribution in [0.5, 0.6) is 0 Å². The minimum absolute atomic E-state index is 0. The number of carboxylic acid groups (broad SMARTS) is 3. The Balaban J connectivity index is -0.000000121. The van der Waals surface area contributed by atoms with E-state index >= 15 is 0 Å². The van der Waals surface area contributed by atoms with Crippen molar-refractivity contribution in [2.45, 2.75) is 91.9 Å². The number of nitrogens with one attached hydrogen (secondary N) is 1. The molecule has 0 aliphatic carbocycles. The topological polar surface area (TPSA) is 150 Å². The van der Waals surface area contributed by atoms with Crippen molar-refractivity contribution in [3.05, 3.63) is 0 Å². The van der Waals surface area contributed by atoms with Crippen molar-refractivity contribution in [3.63, 3.8) is 0 Å². The number of hydrogen-bond donors (Lipinski definition) is 5. The van der Waals surface area contributed by atoms with Crippen molar-refractivity contribution in [2.24, 2.45) is 5.73 Å². The molecule has 172 valence electrons. The Morgan fingerprint density at radius 3 is 1.21 bits per heavy atom. The first-order chi connectivity index (χ1) is 13.1. The van der Waals surface area contributed by atoms with Crippen LogP contribution in [0.1, 0.15) is 91.9 Å². The monoisotopic (exact) mass is 432 g/mol. The van der Waals surface area contributed by atoms with Gasteiger partial charge in [-0.3, -0.25) is 14.4 Å². The van der Waals surface area contributed by atoms with Crippen LogP contribution in [0, 0.1) is 0 Å². The second-order valence-electron chi connectivity index (χ2n) is 6.28. The summed E-state index contributed by atoms with van der Waals surface area (Å²) in [6.07, 6.45) is 14.1. The molecule has 0 spiro atoms. The molecule has 9 heteroatoms. The zero-order valence-corrected chi connectivity index (χ0v) is 18.3. The van der Waals surface area contributed by atoms with Crippen molar-refractivity contribution >= 4 is 47.5 Å². The number of unbranched alkanes of at least 4 members (excludes halogenated alkanes) is 9. The van der Waals surface area contributed by atoms with Crippen LogP contribution in [0.2, 0.25) is 0 Å². The van der Waals surface area contributed by atoms with Crippen LogP contribution in [0.3, 0.4) is 0 Å². The minimum atomic E-state index is -0.833. The average molecular weight is 433 g/mol. The van der Waals surface area contributed by atoms with Gasteiger partial charge in [-0.05, 0) is 13.0 Å². The summed E-state index contributed by atoms with van der Waals surface area (Å²) < 4.78 is 0. The Labute approximate surface area is 199 Å². The van der Waals surface area contributed by atoms with Crippen molar-refractivity contribution < 1.29 is 29.7 Å². The van der Waals surface area contributed by atoms with E-state index in [1.807, 2.05) is 0 Å². The molecule has 0 saturated carbocycles. The van der Waals surface area contributed by atoms with Gasteiger partial charge in [0.1, 0.15) is 0 Å². The van der Waals surface area contributed by atoms with Crippen LogP contribution in [-0.4, -0.2) is 82.4 Å². The maximum absolute atomic E-state index is 9.00. The van der Waals surface area contributed by atoms with Gasteiger partial charge in [0, 0.05) is 33.9 Å². The SMILES string of the molecule is CC(=O)O.CC(=O)O.CC(=O)O.CCCCCCCCCCCCNCCN.[NaH]. The van der Waals surface area contributed by atoms with Crippen LogP contribution in [-0.2, 0) is 14.4 Å². The van der Waals surface area contributed by atoms with Crippen molar-refractivity contribution in [3.8, 4) is 0 Å². The Bertz CT molecular complexity index is 290. The van der Waals surface area contributed by atoms with Gasteiger partial charge >= 0.3 is 29.6 Å². The van der Waals surface area contributed by atoms with E-state index in [9.17, 15) is 0 Å². The molecule has 0 saturated heterocycles. The van der Waals surface area contributed by atoms with Gasteiger partial charge in [0.25, 0.3) is 17.9 Å². The molecule has 0 atom stereocenters. The first-order valence-electron chi connectivity index (χ1n) is 10.1. The summed E-state index contributed by atoms with van der Waals surface area (Å²) in [7, 11) is 0. The zero-order chi connectivity index (χ0) is 22.6. The summed E-state index contributed by atoms with van der Waals surface area (Å²) in [6.45, 7) is 8.40. The number of carboxylic acids is 3. The van der Waals surface area contributed by atoms with E-state index < -0.39 is 17.9 Å². The number of hydrogen-bond acceptors (Lipinski definition) is 5. The summed E-state index contributed by atoms with van der Waals surface area (Å²) in [5.41, 5.74) is 5.40. The predicted octanol–water partition coefficient (Wildman–Crippen LogP) is 3.08. The number of rotatable bonds is 13. The van der Waals surface area contributed by atoms with E-state index in [1.165, 1.54) is 64.2 Å². The van der Waals surface area contributed by atoms with E-state index in [-0.39, 0.29) is 29.6 Å². The summed E-state index contributed by atoms with van der Waals surface area (Å²) in [5, 5.41) is 25.6. The molecule has 6 N–H and O–H groups in total. The molecule has 0 unspecified atom stereocenters. The molecular weight excluding hydrogens is 387 g/mol. The van der Waals surface area contributed by atoms with Gasteiger partial charge in [0.2, 0.25) is 0 Å². The summed E-state index contributed by atoms with van der Waals surface area (Å²) in [5.74, 6) is -2.50. The summed E-state index contributed by atoms with van der Waals surface area (Å²) >= 11 is 0. The fourth-order valence-electron chi connectivity index (χ4n) is 1.96. The third kappa shape index (κ3) is 115. The first-order valence-corrected chi connectivity index (χ1v) is 10.1. The van der Waals surface area contributed by atoms with Crippen LogP contribution < -0.4 is 11.1 Å². The van der Waals surface area contributed by atoms with Gasteiger partial charge in [0.05, 0.1) is 0 Å². The third-order valence-corrected chi connectivity index (χ3v) is 3.03. The number of nitrogens with two attached hydrogens (primary N) is 1. The van der Waals surface area contributed by atoms with Gasteiger partial charge in [-0.1, -0.05) is 64.7 Å². The standard InChI is InChI=1S/C14H32N2.3C2H4O2.Na.H/c1-2-3-4-5-6-7-8-9-10-11-13-16-14-12-15;3*1-2(3)4;;/h16H,2-15H2,1H3;3*1H3,(H,3,4);;. The molecule has 0 aromatic heterocycles. The molecule has 0 aliphatic rings. The fourth-order valence-corrected chi connectivity index (χ4v) is 1.96. The quantitative estimate of drug-likeness (QED) is 0.220. The predicted molar refractivity (Wildman–Crippen MR) is 121 cm³/mol. The zero-order valence-electron chi connectivity index (χ0n) is 18.3. The van der Waals surface area contributed by atoms with E-state index in [0.717, 1.165) is 40.4 Å². The average Bonchev–Trinajstić information content (AvgIpc) is 2.54. The fraction of sp³-hybridized carbons (Fsp3) is 0.850. The van der Waals surface area contributed by atoms with E-state index in [4.69, 9.17) is 35.4 Å². The molecule has 29 heavy (non-hydrogen) atoms. The van der Waals surface area contributed by atoms with Gasteiger partial charge < -0.3 is 26.4 Å². The van der Waals surface area contributed by atoms with Gasteiger partial charge in [-0.15, -0.1) is 0 Å². The van der Waals surface area contributed by atoms with Gasteiger partial charge in [-0.2, -0.15) is 0 Å². The molecule has 8 nitrogen and oxygen atoms in total. The van der Waals surface area contributed by atoms with Gasteiger partial charge in [0.15, 0.2) is 0 Å². The Morgan fingerprint density at radius 2 is 0.931 bits per heavy atom. The molecule has 0 heterocycles. The molecule has 0 radical (unpaired) electrons. The van der Waals surface area contributed by atoms with Crippen LogP contribution in [0.15, 0.2) is 0 Å². The normalized spacial score (nSPS) is 8.59. The second-order valence-corrected chi connectivity index (χ2v) is 6.28. The van der Waals surface area contributed by atoms with Crippen molar-refractivity contribution in [1.29, 1.82) is 0 Å². The summed E-state index contributed by atoms with van der Waals surface area (Å²) in [6, 6.07) is 0. The first kappa shape index (κ1) is 38.9. The molecule has 0 fully saturated rings. The third-order valence-electron chi connectivity index (χ3n) is 3.03. The summed E-state index contributed by atoms with van der Waals surface area (Å²) in [4.78, 5) is 27.0. The molecule has 0 aliphatic heterocycles. The molecule has 0 aromatic carbocycles.